The van der Waals surface area contributed by atoms with E-state index in [0.29, 0.717) is 11.4 Å². The summed E-state index contributed by atoms with van der Waals surface area (Å²) in [4.78, 5) is 10.7. The number of nitrogen functional groups attached to an aromatic ring is 2. The smallest absolute Gasteiger partial charge is 0.147 e. The van der Waals surface area contributed by atoms with Gasteiger partial charge in [0.1, 0.15) is 5.78 Å². The van der Waals surface area contributed by atoms with E-state index in [1.807, 2.05) is 0 Å². The van der Waals surface area contributed by atoms with E-state index in [-0.39, 0.29) is 10.6 Å². The third-order valence-electron chi connectivity index (χ3n) is 1.74. The second-order valence-electron chi connectivity index (χ2n) is 2.86. The van der Waals surface area contributed by atoms with Gasteiger partial charge in [0, 0.05) is 11.4 Å². The van der Waals surface area contributed by atoms with Crippen molar-refractivity contribution in [3.63, 3.8) is 0 Å². The van der Waals surface area contributed by atoms with Crippen LogP contribution in [0.3, 0.4) is 0 Å². The molecule has 0 fully saturated rings. The van der Waals surface area contributed by atoms with Crippen molar-refractivity contribution >= 4 is 33.1 Å². The standard InChI is InChI=1S/C9H11BrN2O/c1-5(13)9(10)7-4-6(11)2-3-8(7)12/h2-4,9H,11-12H2,1H3. The van der Waals surface area contributed by atoms with Crippen LogP contribution < -0.4 is 11.5 Å². The predicted molar refractivity (Wildman–Crippen MR) is 57.6 cm³/mol. The molecule has 0 radical (unpaired) electrons. The maximum atomic E-state index is 11.1. The molecular formula is C9H11BrN2O. The average molecular weight is 243 g/mol. The minimum Gasteiger partial charge on any atom is -0.399 e. The second-order valence-corrected chi connectivity index (χ2v) is 3.78. The Balaban J connectivity index is 3.12. The maximum Gasteiger partial charge on any atom is 0.147 e. The zero-order valence-corrected chi connectivity index (χ0v) is 8.84. The van der Waals surface area contributed by atoms with Gasteiger partial charge in [-0.25, -0.2) is 0 Å². The summed E-state index contributed by atoms with van der Waals surface area (Å²) in [5, 5.41) is 0. The Labute approximate surface area is 85.2 Å². The Kier molecular flexibility index (Phi) is 2.93. The van der Waals surface area contributed by atoms with Gasteiger partial charge in [0.2, 0.25) is 0 Å². The summed E-state index contributed by atoms with van der Waals surface area (Å²) < 4.78 is 0. The van der Waals surface area contributed by atoms with E-state index < -0.39 is 0 Å². The minimum absolute atomic E-state index is 0.0114. The molecule has 4 heteroatoms. The third-order valence-corrected chi connectivity index (χ3v) is 2.88. The lowest BCUT2D eigenvalue weighted by Crippen LogP contribution is -2.05. The van der Waals surface area contributed by atoms with Gasteiger partial charge in [0.05, 0.1) is 4.83 Å². The molecule has 0 heterocycles. The fraction of sp³-hybridized carbons (Fsp3) is 0.222. The first-order chi connectivity index (χ1) is 6.02. The van der Waals surface area contributed by atoms with Crippen LogP contribution in [0.15, 0.2) is 18.2 Å². The zero-order chi connectivity index (χ0) is 10.0. The van der Waals surface area contributed by atoms with Gasteiger partial charge >= 0.3 is 0 Å². The third kappa shape index (κ3) is 2.21. The quantitative estimate of drug-likeness (QED) is 0.615. The Morgan fingerprint density at radius 3 is 2.62 bits per heavy atom. The average Bonchev–Trinajstić information content (AvgIpc) is 2.08. The summed E-state index contributed by atoms with van der Waals surface area (Å²) >= 11 is 3.25. The molecule has 0 amide bonds. The molecule has 1 unspecified atom stereocenters. The Bertz CT molecular complexity index is 338. The van der Waals surface area contributed by atoms with Gasteiger partial charge in [-0.15, -0.1) is 0 Å². The van der Waals surface area contributed by atoms with Gasteiger partial charge in [-0.3, -0.25) is 4.79 Å². The van der Waals surface area contributed by atoms with Crippen LogP contribution in [-0.2, 0) is 4.79 Å². The Morgan fingerprint density at radius 1 is 1.46 bits per heavy atom. The fourth-order valence-electron chi connectivity index (χ4n) is 1.03. The number of halogens is 1. The molecule has 4 N–H and O–H groups in total. The fourth-order valence-corrected chi connectivity index (χ4v) is 1.43. The largest absolute Gasteiger partial charge is 0.399 e. The molecule has 3 nitrogen and oxygen atoms in total. The predicted octanol–water partition coefficient (Wildman–Crippen LogP) is 1.88. The van der Waals surface area contributed by atoms with E-state index >= 15 is 0 Å². The molecule has 1 aromatic rings. The number of anilines is 2. The lowest BCUT2D eigenvalue weighted by atomic mass is 10.1. The number of ketones is 1. The van der Waals surface area contributed by atoms with Crippen LogP contribution in [0.4, 0.5) is 11.4 Å². The van der Waals surface area contributed by atoms with E-state index in [9.17, 15) is 4.79 Å². The van der Waals surface area contributed by atoms with Gasteiger partial charge in [0.25, 0.3) is 0 Å². The molecule has 1 rings (SSSR count). The van der Waals surface area contributed by atoms with Crippen molar-refractivity contribution in [1.82, 2.24) is 0 Å². The normalized spacial score (nSPS) is 12.5. The number of Topliss-reactive ketones (excluding diaryl/α,β-unsaturated/α-hetero) is 1. The molecule has 0 spiro atoms. The number of rotatable bonds is 2. The summed E-state index contributed by atoms with van der Waals surface area (Å²) in [6, 6.07) is 5.11. The lowest BCUT2D eigenvalue weighted by Gasteiger charge is -2.10. The Morgan fingerprint density at radius 2 is 2.08 bits per heavy atom. The van der Waals surface area contributed by atoms with E-state index in [4.69, 9.17) is 11.5 Å². The van der Waals surface area contributed by atoms with E-state index in [2.05, 4.69) is 15.9 Å². The van der Waals surface area contributed by atoms with E-state index in [0.717, 1.165) is 5.56 Å². The van der Waals surface area contributed by atoms with E-state index in [1.54, 1.807) is 18.2 Å². The number of alkyl halides is 1. The van der Waals surface area contributed by atoms with Crippen molar-refractivity contribution in [3.05, 3.63) is 23.8 Å². The first kappa shape index (κ1) is 10.1. The molecule has 0 saturated carbocycles. The summed E-state index contributed by atoms with van der Waals surface area (Å²) in [6.45, 7) is 1.50. The van der Waals surface area contributed by atoms with Crippen LogP contribution in [0.1, 0.15) is 17.3 Å². The first-order valence-corrected chi connectivity index (χ1v) is 4.73. The Hall–Kier alpha value is -1.03. The SMILES string of the molecule is CC(=O)C(Br)c1cc(N)ccc1N. The van der Waals surface area contributed by atoms with Crippen LogP contribution >= 0.6 is 15.9 Å². The van der Waals surface area contributed by atoms with Gasteiger partial charge in [-0.2, -0.15) is 0 Å². The monoisotopic (exact) mass is 242 g/mol. The van der Waals surface area contributed by atoms with Crippen molar-refractivity contribution < 1.29 is 4.79 Å². The molecule has 70 valence electrons. The second kappa shape index (κ2) is 3.79. The zero-order valence-electron chi connectivity index (χ0n) is 7.25. The highest BCUT2D eigenvalue weighted by Crippen LogP contribution is 2.29. The molecular weight excluding hydrogens is 232 g/mol. The highest BCUT2D eigenvalue weighted by molar-refractivity contribution is 9.09. The number of carbonyl (C=O) groups is 1. The van der Waals surface area contributed by atoms with Crippen molar-refractivity contribution in [3.8, 4) is 0 Å². The van der Waals surface area contributed by atoms with Crippen LogP contribution in [0.25, 0.3) is 0 Å². The molecule has 0 aliphatic rings. The van der Waals surface area contributed by atoms with E-state index in [1.165, 1.54) is 6.92 Å². The van der Waals surface area contributed by atoms with Gasteiger partial charge < -0.3 is 11.5 Å². The van der Waals surface area contributed by atoms with Crippen molar-refractivity contribution in [2.75, 3.05) is 11.5 Å². The molecule has 0 saturated heterocycles. The van der Waals surface area contributed by atoms with Crippen LogP contribution in [-0.4, -0.2) is 5.78 Å². The van der Waals surface area contributed by atoms with Gasteiger partial charge in [-0.1, -0.05) is 15.9 Å². The highest BCUT2D eigenvalue weighted by Gasteiger charge is 2.15. The van der Waals surface area contributed by atoms with Gasteiger partial charge in [-0.05, 0) is 30.7 Å². The number of carbonyl (C=O) groups excluding carboxylic acids is 1. The summed E-state index contributed by atoms with van der Waals surface area (Å²) in [7, 11) is 0. The van der Waals surface area contributed by atoms with Crippen LogP contribution in [0.5, 0.6) is 0 Å². The molecule has 1 aromatic carbocycles. The lowest BCUT2D eigenvalue weighted by molar-refractivity contribution is -0.116. The minimum atomic E-state index is -0.365. The number of nitrogens with two attached hydrogens (primary N) is 2. The molecule has 0 aromatic heterocycles. The topological polar surface area (TPSA) is 69.1 Å². The van der Waals surface area contributed by atoms with Crippen molar-refractivity contribution in [2.24, 2.45) is 0 Å². The van der Waals surface area contributed by atoms with Crippen molar-refractivity contribution in [1.29, 1.82) is 0 Å². The summed E-state index contributed by atoms with van der Waals surface area (Å²) in [6.07, 6.45) is 0. The number of hydrogen-bond acceptors (Lipinski definition) is 3. The number of benzene rings is 1. The van der Waals surface area contributed by atoms with Crippen molar-refractivity contribution in [2.45, 2.75) is 11.8 Å². The number of hydrogen-bond donors (Lipinski definition) is 2. The first-order valence-electron chi connectivity index (χ1n) is 3.82. The summed E-state index contributed by atoms with van der Waals surface area (Å²) in [5.74, 6) is 0.0114. The molecule has 0 aliphatic carbocycles. The van der Waals surface area contributed by atoms with Gasteiger partial charge in [0.15, 0.2) is 0 Å². The molecule has 0 aliphatic heterocycles. The highest BCUT2D eigenvalue weighted by atomic mass is 79.9. The molecule has 1 atom stereocenters. The van der Waals surface area contributed by atoms with Crippen LogP contribution in [0.2, 0.25) is 0 Å². The maximum absolute atomic E-state index is 11.1. The molecule has 13 heavy (non-hydrogen) atoms. The van der Waals surface area contributed by atoms with Crippen LogP contribution in [0, 0.1) is 0 Å². The molecule has 0 bridgehead atoms. The summed E-state index contributed by atoms with van der Waals surface area (Å²) in [5.41, 5.74) is 13.2.